The maximum absolute atomic E-state index is 13.7. The number of aromatic nitrogens is 1. The Kier molecular flexibility index (Phi) is 1.73. The Labute approximate surface area is 89.4 Å². The van der Waals surface area contributed by atoms with E-state index in [0.717, 1.165) is 0 Å². The van der Waals surface area contributed by atoms with Crippen LogP contribution >= 0.6 is 0 Å². The fourth-order valence-corrected chi connectivity index (χ4v) is 1.67. The van der Waals surface area contributed by atoms with Gasteiger partial charge in [0, 0.05) is 11.5 Å². The molecule has 1 aromatic carbocycles. The van der Waals surface area contributed by atoms with Gasteiger partial charge >= 0.3 is 0 Å². The predicted molar refractivity (Wildman–Crippen MR) is 56.1 cm³/mol. The van der Waals surface area contributed by atoms with Gasteiger partial charge in [0.15, 0.2) is 11.6 Å². The second-order valence-electron chi connectivity index (χ2n) is 3.37. The molecule has 80 valence electrons. The number of hydrogen-bond acceptors (Lipinski definition) is 4. The summed E-state index contributed by atoms with van der Waals surface area (Å²) in [5, 5.41) is 4.17. The van der Waals surface area contributed by atoms with Crippen LogP contribution in [0.5, 0.6) is 0 Å². The fraction of sp³-hybridized carbons (Fsp3) is 0. The number of nitrogens with two attached hydrogens (primary N) is 1. The van der Waals surface area contributed by atoms with Crippen LogP contribution in [0.2, 0.25) is 0 Å². The van der Waals surface area contributed by atoms with E-state index in [-0.39, 0.29) is 5.82 Å². The molecule has 0 unspecified atom stereocenters. The van der Waals surface area contributed by atoms with Gasteiger partial charge in [0.1, 0.15) is 11.4 Å². The van der Waals surface area contributed by atoms with Gasteiger partial charge in [-0.1, -0.05) is 5.16 Å². The predicted octanol–water partition coefficient (Wildman–Crippen LogP) is 2.81. The number of halogens is 1. The Balaban J connectivity index is 2.36. The van der Waals surface area contributed by atoms with Crippen LogP contribution in [0.1, 0.15) is 0 Å². The lowest BCUT2D eigenvalue weighted by molar-refractivity contribution is 0.434. The zero-order chi connectivity index (χ0) is 11.1. The van der Waals surface area contributed by atoms with Crippen molar-refractivity contribution in [3.8, 4) is 11.3 Å². The van der Waals surface area contributed by atoms with E-state index in [0.29, 0.717) is 22.3 Å². The molecule has 0 radical (unpaired) electrons. The summed E-state index contributed by atoms with van der Waals surface area (Å²) in [6, 6.07) is 6.03. The minimum atomic E-state index is -0.398. The smallest absolute Gasteiger partial charge is 0.172 e. The third kappa shape index (κ3) is 1.18. The van der Waals surface area contributed by atoms with Gasteiger partial charge in [0.05, 0.1) is 11.8 Å². The standard InChI is InChI=1S/C11H7FN2O2/c12-7-1-2-8-6(3-4-15-8)11(7)9-5-10(13)14-16-9/h1-5H,(H2,13,14). The van der Waals surface area contributed by atoms with Gasteiger partial charge in [-0.3, -0.25) is 0 Å². The largest absolute Gasteiger partial charge is 0.464 e. The second-order valence-corrected chi connectivity index (χ2v) is 3.37. The monoisotopic (exact) mass is 218 g/mol. The Morgan fingerprint density at radius 2 is 2.12 bits per heavy atom. The molecule has 0 atom stereocenters. The van der Waals surface area contributed by atoms with Crippen molar-refractivity contribution in [2.75, 3.05) is 5.73 Å². The van der Waals surface area contributed by atoms with Gasteiger partial charge in [-0.15, -0.1) is 0 Å². The third-order valence-corrected chi connectivity index (χ3v) is 2.36. The van der Waals surface area contributed by atoms with Crippen molar-refractivity contribution in [3.05, 3.63) is 36.3 Å². The number of nitrogen functional groups attached to an aromatic ring is 1. The topological polar surface area (TPSA) is 65.2 Å². The second kappa shape index (κ2) is 3.10. The first-order valence-corrected chi connectivity index (χ1v) is 4.64. The highest BCUT2D eigenvalue weighted by Gasteiger charge is 2.15. The zero-order valence-electron chi connectivity index (χ0n) is 8.11. The molecule has 0 spiro atoms. The molecule has 3 rings (SSSR count). The molecule has 4 nitrogen and oxygen atoms in total. The quantitative estimate of drug-likeness (QED) is 0.682. The van der Waals surface area contributed by atoms with E-state index in [4.69, 9.17) is 14.7 Å². The first-order chi connectivity index (χ1) is 7.75. The molecule has 0 amide bonds. The van der Waals surface area contributed by atoms with Crippen LogP contribution in [0.15, 0.2) is 39.5 Å². The molecule has 2 N–H and O–H groups in total. The Bertz CT molecular complexity index is 657. The summed E-state index contributed by atoms with van der Waals surface area (Å²) in [6.07, 6.45) is 1.49. The first kappa shape index (κ1) is 8.96. The number of nitrogens with zero attached hydrogens (tertiary/aromatic N) is 1. The van der Waals surface area contributed by atoms with Crippen LogP contribution in [0.25, 0.3) is 22.3 Å². The van der Waals surface area contributed by atoms with Crippen LogP contribution in [-0.4, -0.2) is 5.16 Å². The van der Waals surface area contributed by atoms with Crippen LogP contribution in [0.3, 0.4) is 0 Å². The van der Waals surface area contributed by atoms with Gasteiger partial charge in [-0.2, -0.15) is 0 Å². The lowest BCUT2D eigenvalue weighted by atomic mass is 10.1. The molecule has 3 aromatic rings. The molecule has 5 heteroatoms. The lowest BCUT2D eigenvalue weighted by Gasteiger charge is -1.99. The Morgan fingerprint density at radius 3 is 2.88 bits per heavy atom. The third-order valence-electron chi connectivity index (χ3n) is 2.36. The molecular formula is C11H7FN2O2. The van der Waals surface area contributed by atoms with Crippen molar-refractivity contribution >= 4 is 16.8 Å². The van der Waals surface area contributed by atoms with Crippen molar-refractivity contribution in [2.45, 2.75) is 0 Å². The maximum atomic E-state index is 13.7. The highest BCUT2D eigenvalue weighted by atomic mass is 19.1. The van der Waals surface area contributed by atoms with Crippen molar-refractivity contribution in [2.24, 2.45) is 0 Å². The van der Waals surface area contributed by atoms with E-state index in [1.807, 2.05) is 0 Å². The summed E-state index contributed by atoms with van der Waals surface area (Å²) in [7, 11) is 0. The number of benzene rings is 1. The summed E-state index contributed by atoms with van der Waals surface area (Å²) in [6.45, 7) is 0. The van der Waals surface area contributed by atoms with Crippen LogP contribution in [-0.2, 0) is 0 Å². The Hall–Kier alpha value is -2.30. The van der Waals surface area contributed by atoms with E-state index < -0.39 is 5.82 Å². The molecule has 0 saturated carbocycles. The number of fused-ring (bicyclic) bond motifs is 1. The molecule has 0 fully saturated rings. The fourth-order valence-electron chi connectivity index (χ4n) is 1.67. The van der Waals surface area contributed by atoms with Gasteiger partial charge in [-0.25, -0.2) is 4.39 Å². The Morgan fingerprint density at radius 1 is 1.25 bits per heavy atom. The molecule has 0 aliphatic rings. The highest BCUT2D eigenvalue weighted by molar-refractivity contribution is 5.93. The van der Waals surface area contributed by atoms with Crippen molar-refractivity contribution in [1.82, 2.24) is 5.16 Å². The summed E-state index contributed by atoms with van der Waals surface area (Å²) in [5.41, 5.74) is 6.34. The molecular weight excluding hydrogens is 211 g/mol. The summed E-state index contributed by atoms with van der Waals surface area (Å²) in [5.74, 6) is 0.113. The van der Waals surface area contributed by atoms with E-state index in [2.05, 4.69) is 5.16 Å². The summed E-state index contributed by atoms with van der Waals surface area (Å²) >= 11 is 0. The molecule has 2 heterocycles. The SMILES string of the molecule is Nc1cc(-c2c(F)ccc3occc23)on1. The van der Waals surface area contributed by atoms with Gasteiger partial charge in [0.25, 0.3) is 0 Å². The van der Waals surface area contributed by atoms with E-state index in [1.165, 1.54) is 18.4 Å². The molecule has 0 saturated heterocycles. The summed E-state index contributed by atoms with van der Waals surface area (Å²) in [4.78, 5) is 0. The minimum absolute atomic E-state index is 0.217. The molecule has 2 aromatic heterocycles. The van der Waals surface area contributed by atoms with Crippen LogP contribution < -0.4 is 5.73 Å². The molecule has 16 heavy (non-hydrogen) atoms. The number of anilines is 1. The molecule has 0 aliphatic heterocycles. The molecule has 0 aliphatic carbocycles. The first-order valence-electron chi connectivity index (χ1n) is 4.64. The summed E-state index contributed by atoms with van der Waals surface area (Å²) < 4.78 is 23.9. The molecule has 0 bridgehead atoms. The maximum Gasteiger partial charge on any atom is 0.172 e. The van der Waals surface area contributed by atoms with Gasteiger partial charge < -0.3 is 14.7 Å². The number of rotatable bonds is 1. The van der Waals surface area contributed by atoms with E-state index >= 15 is 0 Å². The van der Waals surface area contributed by atoms with E-state index in [1.54, 1.807) is 12.1 Å². The van der Waals surface area contributed by atoms with Crippen molar-refractivity contribution < 1.29 is 13.3 Å². The van der Waals surface area contributed by atoms with Gasteiger partial charge in [0.2, 0.25) is 0 Å². The van der Waals surface area contributed by atoms with E-state index in [9.17, 15) is 4.39 Å². The van der Waals surface area contributed by atoms with Crippen LogP contribution in [0.4, 0.5) is 10.2 Å². The number of hydrogen-bond donors (Lipinski definition) is 1. The highest BCUT2D eigenvalue weighted by Crippen LogP contribution is 2.32. The average molecular weight is 218 g/mol. The average Bonchev–Trinajstić information content (AvgIpc) is 2.86. The minimum Gasteiger partial charge on any atom is -0.464 e. The van der Waals surface area contributed by atoms with Crippen molar-refractivity contribution in [3.63, 3.8) is 0 Å². The van der Waals surface area contributed by atoms with Gasteiger partial charge in [-0.05, 0) is 18.2 Å². The normalized spacial score (nSPS) is 11.1. The van der Waals surface area contributed by atoms with Crippen molar-refractivity contribution in [1.29, 1.82) is 0 Å². The zero-order valence-corrected chi connectivity index (χ0v) is 8.11. The number of furan rings is 1. The lowest BCUT2D eigenvalue weighted by Crippen LogP contribution is -1.83. The van der Waals surface area contributed by atoms with Crippen LogP contribution in [0, 0.1) is 5.82 Å².